The van der Waals surface area contributed by atoms with Crippen molar-refractivity contribution in [2.45, 2.75) is 39.3 Å². The number of hydrogen-bond donors (Lipinski definition) is 1. The second-order valence-electron chi connectivity index (χ2n) is 4.51. The van der Waals surface area contributed by atoms with Crippen LogP contribution in [0.1, 0.15) is 31.0 Å². The fraction of sp³-hybridized carbons (Fsp3) is 0.750. The molecule has 1 aromatic heterocycles. The van der Waals surface area contributed by atoms with Crippen molar-refractivity contribution >= 4 is 23.7 Å². The van der Waals surface area contributed by atoms with Crippen LogP contribution >= 0.6 is 23.7 Å². The summed E-state index contributed by atoms with van der Waals surface area (Å²) >= 11 is 1.81. The van der Waals surface area contributed by atoms with Gasteiger partial charge in [0.15, 0.2) is 0 Å². The summed E-state index contributed by atoms with van der Waals surface area (Å²) in [5.74, 6) is 0. The molecule has 0 spiro atoms. The molecule has 1 aliphatic heterocycles. The van der Waals surface area contributed by atoms with Gasteiger partial charge in [-0.1, -0.05) is 13.3 Å². The molecule has 0 unspecified atom stereocenters. The molecule has 5 heteroatoms. The first-order chi connectivity index (χ1) is 7.79. The molecule has 1 fully saturated rings. The summed E-state index contributed by atoms with van der Waals surface area (Å²) in [4.78, 5) is 7.20. The van der Waals surface area contributed by atoms with Crippen LogP contribution in [-0.2, 0) is 13.0 Å². The zero-order valence-corrected chi connectivity index (χ0v) is 12.2. The number of nitrogens with one attached hydrogen (secondary N) is 1. The molecule has 0 amide bonds. The van der Waals surface area contributed by atoms with Gasteiger partial charge in [-0.3, -0.25) is 4.90 Å². The van der Waals surface area contributed by atoms with Crippen molar-refractivity contribution < 1.29 is 0 Å². The van der Waals surface area contributed by atoms with E-state index >= 15 is 0 Å². The molecule has 0 saturated carbocycles. The number of aryl methyl sites for hydroxylation is 1. The molecule has 1 aromatic rings. The minimum atomic E-state index is 0. The van der Waals surface area contributed by atoms with E-state index in [1.807, 2.05) is 11.3 Å². The number of halogens is 1. The van der Waals surface area contributed by atoms with Crippen LogP contribution in [0.4, 0.5) is 0 Å². The number of thiazole rings is 1. The lowest BCUT2D eigenvalue weighted by Crippen LogP contribution is -2.49. The summed E-state index contributed by atoms with van der Waals surface area (Å²) in [6.07, 6.45) is 2.31. The molecule has 2 rings (SSSR count). The lowest BCUT2D eigenvalue weighted by Gasteiger charge is -2.33. The van der Waals surface area contributed by atoms with Crippen molar-refractivity contribution in [3.63, 3.8) is 0 Å². The zero-order chi connectivity index (χ0) is 11.4. The molecule has 0 radical (unpaired) electrons. The van der Waals surface area contributed by atoms with E-state index in [-0.39, 0.29) is 12.4 Å². The van der Waals surface area contributed by atoms with Gasteiger partial charge in [-0.2, -0.15) is 0 Å². The molecule has 1 aliphatic rings. The molecular formula is C12H22ClN3S. The van der Waals surface area contributed by atoms with Gasteiger partial charge in [-0.05, 0) is 13.3 Å². The molecule has 0 aliphatic carbocycles. The first-order valence-electron chi connectivity index (χ1n) is 6.17. The largest absolute Gasteiger partial charge is 0.314 e. The van der Waals surface area contributed by atoms with E-state index in [1.165, 1.54) is 17.1 Å². The molecule has 2 heterocycles. The van der Waals surface area contributed by atoms with Crippen molar-refractivity contribution in [1.82, 2.24) is 15.2 Å². The third kappa shape index (κ3) is 4.21. The molecule has 1 saturated heterocycles. The molecule has 17 heavy (non-hydrogen) atoms. The summed E-state index contributed by atoms with van der Waals surface area (Å²) in [6, 6.07) is 0.632. The maximum Gasteiger partial charge on any atom is 0.107 e. The Hall–Kier alpha value is -0.160. The fourth-order valence-electron chi connectivity index (χ4n) is 2.08. The van der Waals surface area contributed by atoms with Crippen molar-refractivity contribution in [3.8, 4) is 0 Å². The third-order valence-corrected chi connectivity index (χ3v) is 3.97. The lowest BCUT2D eigenvalue weighted by molar-refractivity contribution is 0.165. The van der Waals surface area contributed by atoms with Crippen molar-refractivity contribution in [1.29, 1.82) is 0 Å². The van der Waals surface area contributed by atoms with E-state index in [9.17, 15) is 0 Å². The fourth-order valence-corrected chi connectivity index (χ4v) is 2.94. The molecule has 1 N–H and O–H groups in total. The maximum atomic E-state index is 4.68. The summed E-state index contributed by atoms with van der Waals surface area (Å²) < 4.78 is 0. The van der Waals surface area contributed by atoms with Crippen molar-refractivity contribution in [3.05, 3.63) is 16.1 Å². The van der Waals surface area contributed by atoms with Gasteiger partial charge in [0.25, 0.3) is 0 Å². The minimum Gasteiger partial charge on any atom is -0.314 e. The van der Waals surface area contributed by atoms with E-state index in [1.54, 1.807) is 0 Å². The van der Waals surface area contributed by atoms with Crippen LogP contribution in [0.2, 0.25) is 0 Å². The Balaban J connectivity index is 0.00000144. The van der Waals surface area contributed by atoms with Crippen LogP contribution in [0.25, 0.3) is 0 Å². The SMILES string of the molecule is CCCc1csc(CN2CCNC[C@H]2C)n1.Cl. The Morgan fingerprint density at radius 3 is 3.12 bits per heavy atom. The molecule has 0 aromatic carbocycles. The van der Waals surface area contributed by atoms with E-state index in [0.717, 1.165) is 32.6 Å². The smallest absolute Gasteiger partial charge is 0.107 e. The first kappa shape index (κ1) is 14.9. The van der Waals surface area contributed by atoms with E-state index < -0.39 is 0 Å². The predicted molar refractivity (Wildman–Crippen MR) is 76.1 cm³/mol. The Labute approximate surface area is 114 Å². The monoisotopic (exact) mass is 275 g/mol. The van der Waals surface area contributed by atoms with E-state index in [4.69, 9.17) is 0 Å². The average Bonchev–Trinajstić information content (AvgIpc) is 2.70. The van der Waals surface area contributed by atoms with Crippen molar-refractivity contribution in [2.75, 3.05) is 19.6 Å². The van der Waals surface area contributed by atoms with Gasteiger partial charge >= 0.3 is 0 Å². The van der Waals surface area contributed by atoms with Gasteiger partial charge in [0.05, 0.1) is 12.2 Å². The van der Waals surface area contributed by atoms with Crippen LogP contribution in [0.5, 0.6) is 0 Å². The van der Waals surface area contributed by atoms with Gasteiger partial charge < -0.3 is 5.32 Å². The first-order valence-corrected chi connectivity index (χ1v) is 7.05. The minimum absolute atomic E-state index is 0. The highest BCUT2D eigenvalue weighted by molar-refractivity contribution is 7.09. The highest BCUT2D eigenvalue weighted by Crippen LogP contribution is 2.15. The zero-order valence-electron chi connectivity index (χ0n) is 10.6. The summed E-state index contributed by atoms with van der Waals surface area (Å²) in [5.41, 5.74) is 1.27. The molecule has 0 bridgehead atoms. The molecular weight excluding hydrogens is 254 g/mol. The normalized spacial score (nSPS) is 21.2. The summed E-state index contributed by atoms with van der Waals surface area (Å²) in [5, 5.41) is 6.91. The van der Waals surface area contributed by atoms with Gasteiger partial charge in [0.2, 0.25) is 0 Å². The topological polar surface area (TPSA) is 28.2 Å². The Kier molecular flexibility index (Phi) is 6.41. The van der Waals surface area contributed by atoms with Crippen LogP contribution in [0, 0.1) is 0 Å². The highest BCUT2D eigenvalue weighted by Gasteiger charge is 2.18. The average molecular weight is 276 g/mol. The number of aromatic nitrogens is 1. The quantitative estimate of drug-likeness (QED) is 0.914. The summed E-state index contributed by atoms with van der Waals surface area (Å²) in [7, 11) is 0. The summed E-state index contributed by atoms with van der Waals surface area (Å²) in [6.45, 7) is 8.87. The van der Waals surface area contributed by atoms with Crippen LogP contribution in [0.3, 0.4) is 0 Å². The van der Waals surface area contributed by atoms with Gasteiger partial charge in [-0.15, -0.1) is 23.7 Å². The van der Waals surface area contributed by atoms with E-state index in [0.29, 0.717) is 6.04 Å². The number of piperazine rings is 1. The Bertz CT molecular complexity index is 329. The van der Waals surface area contributed by atoms with Crippen LogP contribution in [-0.4, -0.2) is 35.6 Å². The number of nitrogens with zero attached hydrogens (tertiary/aromatic N) is 2. The van der Waals surface area contributed by atoms with Gasteiger partial charge in [0, 0.05) is 31.1 Å². The predicted octanol–water partition coefficient (Wildman–Crippen LogP) is 2.31. The van der Waals surface area contributed by atoms with Crippen LogP contribution in [0.15, 0.2) is 5.38 Å². The Morgan fingerprint density at radius 2 is 2.41 bits per heavy atom. The molecule has 3 nitrogen and oxygen atoms in total. The highest BCUT2D eigenvalue weighted by atomic mass is 35.5. The van der Waals surface area contributed by atoms with Gasteiger partial charge in [0.1, 0.15) is 5.01 Å². The standard InChI is InChI=1S/C12H21N3S.ClH/c1-3-4-11-9-16-12(14-11)8-15-6-5-13-7-10(15)2;/h9-10,13H,3-8H2,1-2H3;1H/t10-;/m1./s1. The number of rotatable bonds is 4. The third-order valence-electron chi connectivity index (χ3n) is 3.08. The van der Waals surface area contributed by atoms with Crippen molar-refractivity contribution in [2.24, 2.45) is 0 Å². The second-order valence-corrected chi connectivity index (χ2v) is 5.45. The molecule has 98 valence electrons. The van der Waals surface area contributed by atoms with Crippen LogP contribution < -0.4 is 5.32 Å². The maximum absolute atomic E-state index is 4.68. The number of hydrogen-bond acceptors (Lipinski definition) is 4. The van der Waals surface area contributed by atoms with E-state index in [2.05, 4.69) is 34.4 Å². The molecule has 1 atom stereocenters. The lowest BCUT2D eigenvalue weighted by atomic mass is 10.2. The second kappa shape index (κ2) is 7.31. The van der Waals surface area contributed by atoms with Gasteiger partial charge in [-0.25, -0.2) is 4.98 Å². The Morgan fingerprint density at radius 1 is 1.59 bits per heavy atom.